The molecule has 4 aromatic rings. The standard InChI is InChI=1S/C26H26N6O5/c1-35-10-11-37-23-13-22-21(12-17(23)15-27)28-24(29-22)14-20-18-4-2-3-5-19(18)26(34)32(30-20)16-25(33)31-6-8-36-9-7-31/h2-5,12-13H,6-11,14,16H2,1H3,(H,28,29). The Kier molecular flexibility index (Phi) is 7.11. The van der Waals surface area contributed by atoms with Gasteiger partial charge in [-0.15, -0.1) is 0 Å². The summed E-state index contributed by atoms with van der Waals surface area (Å²) >= 11 is 0. The Morgan fingerprint density at radius 3 is 2.73 bits per heavy atom. The molecule has 0 aliphatic carbocycles. The Bertz CT molecular complexity index is 1550. The summed E-state index contributed by atoms with van der Waals surface area (Å²) < 4.78 is 17.2. The molecule has 37 heavy (non-hydrogen) atoms. The van der Waals surface area contributed by atoms with Crippen molar-refractivity contribution < 1.29 is 19.0 Å². The van der Waals surface area contributed by atoms with E-state index in [2.05, 4.69) is 21.1 Å². The predicted octanol–water partition coefficient (Wildman–Crippen LogP) is 1.62. The van der Waals surface area contributed by atoms with Crippen molar-refractivity contribution in [2.45, 2.75) is 13.0 Å². The molecule has 1 amide bonds. The molecular weight excluding hydrogens is 476 g/mol. The van der Waals surface area contributed by atoms with Crippen molar-refractivity contribution in [3.05, 3.63) is 63.8 Å². The average Bonchev–Trinajstić information content (AvgIpc) is 3.32. The highest BCUT2D eigenvalue weighted by Crippen LogP contribution is 2.25. The van der Waals surface area contributed by atoms with Gasteiger partial charge in [0.1, 0.15) is 30.8 Å². The Balaban J connectivity index is 1.48. The van der Waals surface area contributed by atoms with Crippen LogP contribution in [0.25, 0.3) is 21.8 Å². The second-order valence-electron chi connectivity index (χ2n) is 8.63. The summed E-state index contributed by atoms with van der Waals surface area (Å²) in [5.41, 5.74) is 2.01. The molecule has 2 aromatic carbocycles. The summed E-state index contributed by atoms with van der Waals surface area (Å²) in [6.07, 6.45) is 0.295. The van der Waals surface area contributed by atoms with Crippen molar-refractivity contribution in [3.63, 3.8) is 0 Å². The molecule has 0 bridgehead atoms. The monoisotopic (exact) mass is 502 g/mol. The second kappa shape index (κ2) is 10.8. The van der Waals surface area contributed by atoms with Gasteiger partial charge < -0.3 is 24.1 Å². The first-order valence-electron chi connectivity index (χ1n) is 12.0. The summed E-state index contributed by atoms with van der Waals surface area (Å²) in [6.45, 7) is 2.52. The number of nitriles is 1. The van der Waals surface area contributed by atoms with E-state index in [9.17, 15) is 14.9 Å². The molecule has 0 spiro atoms. The Labute approximate surface area is 212 Å². The first-order valence-corrected chi connectivity index (χ1v) is 12.0. The number of rotatable bonds is 8. The number of H-pyrrole nitrogens is 1. The van der Waals surface area contributed by atoms with Crippen LogP contribution in [-0.2, 0) is 27.2 Å². The molecule has 1 fully saturated rings. The van der Waals surface area contributed by atoms with Crippen LogP contribution in [0, 0.1) is 11.3 Å². The maximum Gasteiger partial charge on any atom is 0.275 e. The summed E-state index contributed by atoms with van der Waals surface area (Å²) in [5, 5.41) is 15.3. The molecule has 1 saturated heterocycles. The van der Waals surface area contributed by atoms with Crippen LogP contribution in [0.4, 0.5) is 0 Å². The van der Waals surface area contributed by atoms with Crippen LogP contribution in [0.1, 0.15) is 17.1 Å². The number of methoxy groups -OCH3 is 1. The van der Waals surface area contributed by atoms with Gasteiger partial charge in [-0.2, -0.15) is 10.4 Å². The van der Waals surface area contributed by atoms with Crippen molar-refractivity contribution in [1.82, 2.24) is 24.6 Å². The molecule has 0 saturated carbocycles. The van der Waals surface area contributed by atoms with Crippen LogP contribution in [-0.4, -0.2) is 77.2 Å². The summed E-state index contributed by atoms with van der Waals surface area (Å²) in [4.78, 5) is 35.6. The zero-order chi connectivity index (χ0) is 25.8. The van der Waals surface area contributed by atoms with Crippen molar-refractivity contribution >= 4 is 27.7 Å². The van der Waals surface area contributed by atoms with Crippen molar-refractivity contribution in [2.24, 2.45) is 0 Å². The van der Waals surface area contributed by atoms with Gasteiger partial charge in [0.15, 0.2) is 0 Å². The summed E-state index contributed by atoms with van der Waals surface area (Å²) in [6, 6.07) is 12.8. The van der Waals surface area contributed by atoms with Crippen LogP contribution in [0.2, 0.25) is 0 Å². The van der Waals surface area contributed by atoms with E-state index >= 15 is 0 Å². The van der Waals surface area contributed by atoms with E-state index in [0.717, 1.165) is 0 Å². The van der Waals surface area contributed by atoms with Crippen molar-refractivity contribution in [2.75, 3.05) is 46.6 Å². The molecule has 11 heteroatoms. The minimum absolute atomic E-state index is 0.148. The minimum Gasteiger partial charge on any atom is -0.490 e. The van der Waals surface area contributed by atoms with E-state index in [0.29, 0.717) is 90.6 Å². The molecule has 0 atom stereocenters. The fraction of sp³-hybridized carbons (Fsp3) is 0.346. The number of nitrogens with one attached hydrogen (secondary N) is 1. The fourth-order valence-corrected chi connectivity index (χ4v) is 4.36. The Morgan fingerprint density at radius 2 is 1.97 bits per heavy atom. The number of carbonyl (C=O) groups excluding carboxylic acids is 1. The van der Waals surface area contributed by atoms with Gasteiger partial charge in [-0.25, -0.2) is 9.67 Å². The van der Waals surface area contributed by atoms with Crippen molar-refractivity contribution in [1.29, 1.82) is 5.26 Å². The maximum atomic E-state index is 13.1. The zero-order valence-corrected chi connectivity index (χ0v) is 20.4. The number of benzene rings is 2. The molecule has 190 valence electrons. The third-order valence-corrected chi connectivity index (χ3v) is 6.23. The van der Waals surface area contributed by atoms with Gasteiger partial charge in [0.05, 0.1) is 53.9 Å². The zero-order valence-electron chi connectivity index (χ0n) is 20.4. The molecule has 5 rings (SSSR count). The first-order chi connectivity index (χ1) is 18.1. The highest BCUT2D eigenvalue weighted by molar-refractivity contribution is 5.85. The molecule has 1 aliphatic rings. The Morgan fingerprint density at radius 1 is 1.19 bits per heavy atom. The number of morpholine rings is 1. The number of amides is 1. The predicted molar refractivity (Wildman–Crippen MR) is 134 cm³/mol. The molecule has 11 nitrogen and oxygen atoms in total. The molecule has 3 heterocycles. The summed E-state index contributed by atoms with van der Waals surface area (Å²) in [7, 11) is 1.58. The van der Waals surface area contributed by atoms with E-state index < -0.39 is 0 Å². The number of aromatic nitrogens is 4. The SMILES string of the molecule is COCCOc1cc2nc(Cc3nn(CC(=O)N4CCOCC4)c(=O)c4ccccc34)[nH]c2cc1C#N. The highest BCUT2D eigenvalue weighted by Gasteiger charge is 2.20. The van der Waals surface area contributed by atoms with Crippen LogP contribution in [0.5, 0.6) is 5.75 Å². The van der Waals surface area contributed by atoms with Crippen LogP contribution < -0.4 is 10.3 Å². The van der Waals surface area contributed by atoms with Gasteiger partial charge in [0.2, 0.25) is 5.91 Å². The number of ether oxygens (including phenoxy) is 3. The number of aromatic amines is 1. The molecule has 0 unspecified atom stereocenters. The van der Waals surface area contributed by atoms with Gasteiger partial charge in [-0.05, 0) is 12.1 Å². The third-order valence-electron chi connectivity index (χ3n) is 6.23. The molecular formula is C26H26N6O5. The lowest BCUT2D eigenvalue weighted by Crippen LogP contribution is -2.43. The molecule has 2 aromatic heterocycles. The average molecular weight is 503 g/mol. The lowest BCUT2D eigenvalue weighted by Gasteiger charge is -2.26. The normalized spacial score (nSPS) is 13.7. The fourth-order valence-electron chi connectivity index (χ4n) is 4.36. The van der Waals surface area contributed by atoms with E-state index in [1.807, 2.05) is 12.1 Å². The molecule has 0 radical (unpaired) electrons. The lowest BCUT2D eigenvalue weighted by molar-refractivity contribution is -0.136. The molecule has 1 N–H and O–H groups in total. The highest BCUT2D eigenvalue weighted by atomic mass is 16.5. The number of imidazole rings is 1. The van der Waals surface area contributed by atoms with Gasteiger partial charge >= 0.3 is 0 Å². The number of fused-ring (bicyclic) bond motifs is 2. The minimum atomic E-state index is -0.318. The van der Waals surface area contributed by atoms with E-state index in [-0.39, 0.29) is 18.0 Å². The van der Waals surface area contributed by atoms with Gasteiger partial charge in [-0.1, -0.05) is 18.2 Å². The smallest absolute Gasteiger partial charge is 0.275 e. The summed E-state index contributed by atoms with van der Waals surface area (Å²) in [5.74, 6) is 0.868. The van der Waals surface area contributed by atoms with Gasteiger partial charge in [0.25, 0.3) is 5.56 Å². The van der Waals surface area contributed by atoms with Crippen LogP contribution in [0.3, 0.4) is 0 Å². The van der Waals surface area contributed by atoms with Crippen molar-refractivity contribution in [3.8, 4) is 11.8 Å². The van der Waals surface area contributed by atoms with Gasteiger partial charge in [0, 0.05) is 31.7 Å². The maximum absolute atomic E-state index is 13.1. The third kappa shape index (κ3) is 5.16. The van der Waals surface area contributed by atoms with Gasteiger partial charge in [-0.3, -0.25) is 9.59 Å². The number of nitrogens with zero attached hydrogens (tertiary/aromatic N) is 5. The lowest BCUT2D eigenvalue weighted by atomic mass is 10.1. The largest absolute Gasteiger partial charge is 0.490 e. The second-order valence-corrected chi connectivity index (χ2v) is 8.63. The molecule has 1 aliphatic heterocycles. The first kappa shape index (κ1) is 24.4. The van der Waals surface area contributed by atoms with E-state index in [1.165, 1.54) is 4.68 Å². The number of carbonyl (C=O) groups is 1. The van der Waals surface area contributed by atoms with E-state index in [1.54, 1.807) is 36.3 Å². The quantitative estimate of drug-likeness (QED) is 0.359. The van der Waals surface area contributed by atoms with Crippen LogP contribution >= 0.6 is 0 Å². The topological polar surface area (TPSA) is 135 Å². The van der Waals surface area contributed by atoms with E-state index in [4.69, 9.17) is 14.2 Å². The van der Waals surface area contributed by atoms with Crippen LogP contribution in [0.15, 0.2) is 41.2 Å². The Hall–Kier alpha value is -4.27. The number of hydrogen-bond donors (Lipinski definition) is 1. The number of hydrogen-bond acceptors (Lipinski definition) is 8.